The summed E-state index contributed by atoms with van der Waals surface area (Å²) in [7, 11) is 0. The van der Waals surface area contributed by atoms with Crippen molar-refractivity contribution < 1.29 is 18.7 Å². The number of rotatable bonds is 6. The average molecular weight is 477 g/mol. The molecule has 3 heterocycles. The van der Waals surface area contributed by atoms with E-state index in [1.807, 2.05) is 4.90 Å². The quantitative estimate of drug-likeness (QED) is 0.680. The molecule has 2 atom stereocenters. The van der Waals surface area contributed by atoms with Crippen LogP contribution in [0.3, 0.4) is 0 Å². The highest BCUT2D eigenvalue weighted by Gasteiger charge is 2.43. The van der Waals surface area contributed by atoms with Crippen molar-refractivity contribution in [1.29, 1.82) is 10.5 Å². The summed E-state index contributed by atoms with van der Waals surface area (Å²) < 4.78 is 20.4. The van der Waals surface area contributed by atoms with Gasteiger partial charge in [-0.05, 0) is 42.7 Å². The Morgan fingerprint density at radius 1 is 1.34 bits per heavy atom. The second-order valence-electron chi connectivity index (χ2n) is 8.79. The number of hydrogen-bond donors (Lipinski definition) is 1. The molecule has 1 aromatic carbocycles. The van der Waals surface area contributed by atoms with Crippen molar-refractivity contribution in [3.8, 4) is 12.1 Å². The third-order valence-electron chi connectivity index (χ3n) is 6.61. The first-order chi connectivity index (χ1) is 16.9. The molecule has 9 nitrogen and oxygen atoms in total. The average Bonchev–Trinajstić information content (AvgIpc) is 3.25. The number of cyclic esters (lactones) is 1. The van der Waals surface area contributed by atoms with Crippen LogP contribution in [0.2, 0.25) is 0 Å². The number of nitrogens with zero attached hydrogens (tertiary/aromatic N) is 5. The second-order valence-corrected chi connectivity index (χ2v) is 8.79. The second kappa shape index (κ2) is 9.98. The standard InChI is InChI=1S/C25H25FN6O3/c1-17(33)30-14-20-15-32(24(34)35-20)19-4-5-23(22(26)11-19)31-9-6-25(16-28,7-10-31)21(12-27)18-3-2-8-29-13-18/h2-5,8,11,13,20-21H,6-7,9-10,14-15H2,1H3,(H,30,33)/t20-,21?/m0/s1. The predicted octanol–water partition coefficient (Wildman–Crippen LogP) is 3.10. The smallest absolute Gasteiger partial charge is 0.414 e. The van der Waals surface area contributed by atoms with Gasteiger partial charge in [0.25, 0.3) is 0 Å². The number of halogens is 1. The maximum absolute atomic E-state index is 15.1. The van der Waals surface area contributed by atoms with Crippen LogP contribution in [0, 0.1) is 33.9 Å². The number of nitrogens with one attached hydrogen (secondary N) is 1. The lowest BCUT2D eigenvalue weighted by molar-refractivity contribution is -0.119. The summed E-state index contributed by atoms with van der Waals surface area (Å²) in [6.07, 6.45) is 2.94. The molecule has 35 heavy (non-hydrogen) atoms. The molecular weight excluding hydrogens is 451 g/mol. The van der Waals surface area contributed by atoms with Crippen molar-refractivity contribution in [3.05, 3.63) is 54.1 Å². The topological polar surface area (TPSA) is 122 Å². The van der Waals surface area contributed by atoms with E-state index in [9.17, 15) is 20.1 Å². The number of pyridine rings is 1. The maximum Gasteiger partial charge on any atom is 0.414 e. The molecule has 1 aromatic heterocycles. The Morgan fingerprint density at radius 2 is 2.11 bits per heavy atom. The van der Waals surface area contributed by atoms with Crippen LogP contribution in [-0.2, 0) is 9.53 Å². The zero-order chi connectivity index (χ0) is 25.0. The normalized spacial score (nSPS) is 19.9. The lowest BCUT2D eigenvalue weighted by Crippen LogP contribution is -2.42. The van der Waals surface area contributed by atoms with Crippen LogP contribution >= 0.6 is 0 Å². The number of piperidine rings is 1. The number of benzene rings is 1. The van der Waals surface area contributed by atoms with Gasteiger partial charge in [0.05, 0.1) is 47.9 Å². The van der Waals surface area contributed by atoms with Gasteiger partial charge < -0.3 is 15.0 Å². The number of ether oxygens (including phenoxy) is 1. The van der Waals surface area contributed by atoms with Crippen LogP contribution in [-0.4, -0.2) is 49.3 Å². The molecule has 2 aliphatic rings. The Bertz CT molecular complexity index is 1180. The lowest BCUT2D eigenvalue weighted by Gasteiger charge is -2.40. The summed E-state index contributed by atoms with van der Waals surface area (Å²) in [5.74, 6) is -1.34. The molecule has 1 unspecified atom stereocenters. The molecule has 1 N–H and O–H groups in total. The van der Waals surface area contributed by atoms with Gasteiger partial charge in [-0.2, -0.15) is 10.5 Å². The molecule has 4 rings (SSSR count). The monoisotopic (exact) mass is 476 g/mol. The summed E-state index contributed by atoms with van der Waals surface area (Å²) in [5, 5.41) is 22.4. The number of nitriles is 2. The fourth-order valence-corrected chi connectivity index (χ4v) is 4.69. The molecule has 2 aliphatic heterocycles. The van der Waals surface area contributed by atoms with Crippen LogP contribution in [0.1, 0.15) is 31.2 Å². The Balaban J connectivity index is 1.45. The van der Waals surface area contributed by atoms with E-state index in [1.54, 1.807) is 36.7 Å². The molecule has 0 spiro atoms. The van der Waals surface area contributed by atoms with Gasteiger partial charge in [0.1, 0.15) is 11.9 Å². The number of aromatic nitrogens is 1. The summed E-state index contributed by atoms with van der Waals surface area (Å²) in [6.45, 7) is 2.59. The van der Waals surface area contributed by atoms with E-state index in [-0.39, 0.29) is 19.0 Å². The summed E-state index contributed by atoms with van der Waals surface area (Å²) in [4.78, 5) is 30.6. The Hall–Kier alpha value is -4.18. The SMILES string of the molecule is CC(=O)NC[C@H]1CN(c2ccc(N3CCC(C#N)(C(C#N)c4cccnc4)CC3)c(F)c2)C(=O)O1. The van der Waals surface area contributed by atoms with Crippen LogP contribution in [0.4, 0.5) is 20.6 Å². The predicted molar refractivity (Wildman–Crippen MR) is 125 cm³/mol. The third-order valence-corrected chi connectivity index (χ3v) is 6.61. The van der Waals surface area contributed by atoms with E-state index in [0.717, 1.165) is 0 Å². The molecule has 0 radical (unpaired) electrons. The minimum absolute atomic E-state index is 0.190. The van der Waals surface area contributed by atoms with Gasteiger partial charge in [-0.25, -0.2) is 9.18 Å². The van der Waals surface area contributed by atoms with Gasteiger partial charge >= 0.3 is 6.09 Å². The molecule has 10 heteroatoms. The fraction of sp³-hybridized carbons (Fsp3) is 0.400. The number of hydrogen-bond acceptors (Lipinski definition) is 7. The van der Waals surface area contributed by atoms with Gasteiger partial charge in [-0.3, -0.25) is 14.7 Å². The van der Waals surface area contributed by atoms with E-state index in [2.05, 4.69) is 22.4 Å². The van der Waals surface area contributed by atoms with E-state index in [0.29, 0.717) is 42.9 Å². The van der Waals surface area contributed by atoms with Crippen molar-refractivity contribution in [1.82, 2.24) is 10.3 Å². The molecule has 0 bridgehead atoms. The highest BCUT2D eigenvalue weighted by molar-refractivity contribution is 5.90. The van der Waals surface area contributed by atoms with Crippen molar-refractivity contribution in [2.45, 2.75) is 31.8 Å². The number of carbonyl (C=O) groups is 2. The first-order valence-electron chi connectivity index (χ1n) is 11.3. The van der Waals surface area contributed by atoms with Gasteiger partial charge in [0, 0.05) is 32.4 Å². The molecule has 180 valence electrons. The minimum atomic E-state index is -0.882. The zero-order valence-corrected chi connectivity index (χ0v) is 19.3. The largest absolute Gasteiger partial charge is 0.442 e. The molecule has 2 amide bonds. The van der Waals surface area contributed by atoms with E-state index < -0.39 is 29.3 Å². The molecule has 2 saturated heterocycles. The first kappa shape index (κ1) is 24.0. The van der Waals surface area contributed by atoms with Gasteiger partial charge in [0.2, 0.25) is 5.91 Å². The number of carbonyl (C=O) groups excluding carboxylic acids is 2. The van der Waals surface area contributed by atoms with Crippen molar-refractivity contribution in [2.75, 3.05) is 36.0 Å². The highest BCUT2D eigenvalue weighted by Crippen LogP contribution is 2.44. The van der Waals surface area contributed by atoms with Gasteiger partial charge in [-0.15, -0.1) is 0 Å². The highest BCUT2D eigenvalue weighted by atomic mass is 19.1. The van der Waals surface area contributed by atoms with E-state index in [4.69, 9.17) is 4.74 Å². The van der Waals surface area contributed by atoms with Gasteiger partial charge in [0.15, 0.2) is 0 Å². The van der Waals surface area contributed by atoms with E-state index in [1.165, 1.54) is 17.9 Å². The van der Waals surface area contributed by atoms with E-state index >= 15 is 4.39 Å². The number of amides is 2. The molecule has 0 aliphatic carbocycles. The maximum atomic E-state index is 15.1. The molecular formula is C25H25FN6O3. The summed E-state index contributed by atoms with van der Waals surface area (Å²) in [6, 6.07) is 12.8. The number of anilines is 2. The van der Waals surface area contributed by atoms with Crippen LogP contribution in [0.5, 0.6) is 0 Å². The third kappa shape index (κ3) is 4.87. The fourth-order valence-electron chi connectivity index (χ4n) is 4.69. The zero-order valence-electron chi connectivity index (χ0n) is 19.3. The van der Waals surface area contributed by atoms with Crippen molar-refractivity contribution >= 4 is 23.4 Å². The molecule has 2 fully saturated rings. The lowest BCUT2D eigenvalue weighted by atomic mass is 9.68. The Kier molecular flexibility index (Phi) is 6.83. The Morgan fingerprint density at radius 3 is 2.71 bits per heavy atom. The van der Waals surface area contributed by atoms with Crippen LogP contribution in [0.25, 0.3) is 0 Å². The summed E-state index contributed by atoms with van der Waals surface area (Å²) in [5.41, 5.74) is 0.561. The minimum Gasteiger partial charge on any atom is -0.442 e. The van der Waals surface area contributed by atoms with Crippen molar-refractivity contribution in [3.63, 3.8) is 0 Å². The summed E-state index contributed by atoms with van der Waals surface area (Å²) >= 11 is 0. The first-order valence-corrected chi connectivity index (χ1v) is 11.3. The molecule has 2 aromatic rings. The Labute approximate surface area is 202 Å². The van der Waals surface area contributed by atoms with Gasteiger partial charge in [-0.1, -0.05) is 6.07 Å². The van der Waals surface area contributed by atoms with Crippen molar-refractivity contribution in [2.24, 2.45) is 5.41 Å². The van der Waals surface area contributed by atoms with Crippen LogP contribution < -0.4 is 15.1 Å². The van der Waals surface area contributed by atoms with Crippen LogP contribution in [0.15, 0.2) is 42.7 Å². The molecule has 0 saturated carbocycles.